The summed E-state index contributed by atoms with van der Waals surface area (Å²) in [5.41, 5.74) is 1.20. The Balaban J connectivity index is 0.00000112. The van der Waals surface area contributed by atoms with Gasteiger partial charge in [-0.25, -0.2) is 4.98 Å². The Kier molecular flexibility index (Phi) is 7.47. The van der Waals surface area contributed by atoms with Crippen LogP contribution in [0.2, 0.25) is 0 Å². The van der Waals surface area contributed by atoms with Gasteiger partial charge < -0.3 is 10.1 Å². The number of nitrogens with zero attached hydrogens (tertiary/aromatic N) is 1. The second kappa shape index (κ2) is 7.71. The van der Waals surface area contributed by atoms with Crippen LogP contribution < -0.4 is 10.1 Å². The largest absolute Gasteiger partial charge is 0.474 e. The summed E-state index contributed by atoms with van der Waals surface area (Å²) in [7, 11) is 0. The highest BCUT2D eigenvalue weighted by atomic mass is 35.5. The summed E-state index contributed by atoms with van der Waals surface area (Å²) < 4.78 is 5.78. The predicted octanol–water partition coefficient (Wildman–Crippen LogP) is 2.36. The minimum absolute atomic E-state index is 0. The van der Waals surface area contributed by atoms with Gasteiger partial charge in [0.25, 0.3) is 0 Å². The third kappa shape index (κ3) is 4.56. The number of nitrogens with one attached hydrogen (secondary N) is 1. The van der Waals surface area contributed by atoms with Gasteiger partial charge in [0.1, 0.15) is 6.10 Å². The molecule has 0 aromatic carbocycles. The van der Waals surface area contributed by atoms with E-state index in [1.165, 1.54) is 5.56 Å². The van der Waals surface area contributed by atoms with E-state index in [4.69, 9.17) is 4.74 Å². The minimum atomic E-state index is 0. The molecule has 0 radical (unpaired) electrons. The summed E-state index contributed by atoms with van der Waals surface area (Å²) in [6.45, 7) is 4.16. The Hall–Kier alpha value is -0.510. The summed E-state index contributed by atoms with van der Waals surface area (Å²) in [5, 5.41) is 3.31. The number of piperidine rings is 1. The minimum Gasteiger partial charge on any atom is -0.474 e. The predicted molar refractivity (Wildman–Crippen MR) is 70.0 cm³/mol. The van der Waals surface area contributed by atoms with E-state index in [1.54, 1.807) is 6.20 Å². The van der Waals surface area contributed by atoms with Crippen molar-refractivity contribution in [3.63, 3.8) is 0 Å². The first-order valence-electron chi connectivity index (χ1n) is 5.14. The maximum absolute atomic E-state index is 5.78. The average Bonchev–Trinajstić information content (AvgIpc) is 2.19. The van der Waals surface area contributed by atoms with E-state index in [9.17, 15) is 0 Å². The standard InChI is InChI=1S/C11H16N2O.2ClH/c1-9-2-7-13-11(8-9)14-10-3-5-12-6-4-10;;/h2,7-8,10,12H,3-6H2,1H3;2*1H. The lowest BCUT2D eigenvalue weighted by molar-refractivity contribution is 0.156. The number of pyridine rings is 1. The van der Waals surface area contributed by atoms with Crippen molar-refractivity contribution < 1.29 is 4.74 Å². The molecule has 2 heterocycles. The van der Waals surface area contributed by atoms with Crippen LogP contribution in [0.3, 0.4) is 0 Å². The molecule has 0 bridgehead atoms. The summed E-state index contributed by atoms with van der Waals surface area (Å²) in [5.74, 6) is 0.761. The third-order valence-electron chi connectivity index (χ3n) is 2.46. The number of rotatable bonds is 2. The molecular weight excluding hydrogens is 247 g/mol. The van der Waals surface area contributed by atoms with Gasteiger partial charge in [-0.15, -0.1) is 24.8 Å². The molecule has 3 nitrogen and oxygen atoms in total. The zero-order valence-electron chi connectivity index (χ0n) is 9.31. The van der Waals surface area contributed by atoms with Crippen LogP contribution in [0, 0.1) is 6.92 Å². The number of aryl methyl sites for hydroxylation is 1. The van der Waals surface area contributed by atoms with E-state index in [0.29, 0.717) is 6.10 Å². The van der Waals surface area contributed by atoms with Gasteiger partial charge >= 0.3 is 0 Å². The van der Waals surface area contributed by atoms with Crippen molar-refractivity contribution in [3.05, 3.63) is 23.9 Å². The molecule has 1 aliphatic heterocycles. The molecule has 16 heavy (non-hydrogen) atoms. The Bertz CT molecular complexity index is 304. The quantitative estimate of drug-likeness (QED) is 0.891. The zero-order valence-corrected chi connectivity index (χ0v) is 10.9. The molecular formula is C11H18Cl2N2O. The van der Waals surface area contributed by atoms with E-state index >= 15 is 0 Å². The van der Waals surface area contributed by atoms with Gasteiger partial charge in [-0.3, -0.25) is 0 Å². The number of hydrogen-bond acceptors (Lipinski definition) is 3. The van der Waals surface area contributed by atoms with E-state index in [2.05, 4.69) is 17.2 Å². The van der Waals surface area contributed by atoms with Gasteiger partial charge in [0.15, 0.2) is 0 Å². The first-order chi connectivity index (χ1) is 6.84. The molecule has 1 fully saturated rings. The second-order valence-corrected chi connectivity index (χ2v) is 3.74. The smallest absolute Gasteiger partial charge is 0.213 e. The van der Waals surface area contributed by atoms with Crippen molar-refractivity contribution in [2.24, 2.45) is 0 Å². The molecule has 0 saturated carbocycles. The Morgan fingerprint density at radius 3 is 2.62 bits per heavy atom. The van der Waals surface area contributed by atoms with Gasteiger partial charge in [-0.2, -0.15) is 0 Å². The molecule has 0 spiro atoms. The van der Waals surface area contributed by atoms with Gasteiger partial charge in [0.2, 0.25) is 5.88 Å². The van der Waals surface area contributed by atoms with Gasteiger partial charge in [0.05, 0.1) is 0 Å². The second-order valence-electron chi connectivity index (χ2n) is 3.74. The maximum atomic E-state index is 5.78. The number of aromatic nitrogens is 1. The van der Waals surface area contributed by atoms with E-state index in [0.717, 1.165) is 31.8 Å². The molecule has 2 rings (SSSR count). The summed E-state index contributed by atoms with van der Waals surface area (Å²) in [6, 6.07) is 3.97. The van der Waals surface area contributed by atoms with Crippen LogP contribution in [0.4, 0.5) is 0 Å². The molecule has 0 atom stereocenters. The topological polar surface area (TPSA) is 34.1 Å². The first-order valence-corrected chi connectivity index (χ1v) is 5.14. The van der Waals surface area contributed by atoms with Crippen molar-refractivity contribution in [1.82, 2.24) is 10.3 Å². The van der Waals surface area contributed by atoms with E-state index in [1.807, 2.05) is 12.1 Å². The molecule has 0 aliphatic carbocycles. The van der Waals surface area contributed by atoms with Crippen molar-refractivity contribution in [2.45, 2.75) is 25.9 Å². The molecule has 0 amide bonds. The summed E-state index contributed by atoms with van der Waals surface area (Å²) >= 11 is 0. The van der Waals surface area contributed by atoms with Crippen LogP contribution in [0.1, 0.15) is 18.4 Å². The number of halogens is 2. The monoisotopic (exact) mass is 264 g/mol. The maximum Gasteiger partial charge on any atom is 0.213 e. The van der Waals surface area contributed by atoms with Gasteiger partial charge in [-0.05, 0) is 44.5 Å². The van der Waals surface area contributed by atoms with Crippen LogP contribution in [0.15, 0.2) is 18.3 Å². The lowest BCUT2D eigenvalue weighted by atomic mass is 10.1. The molecule has 1 aromatic rings. The summed E-state index contributed by atoms with van der Waals surface area (Å²) in [6.07, 6.45) is 4.29. The Morgan fingerprint density at radius 2 is 2.00 bits per heavy atom. The Labute approximate surface area is 109 Å². The lowest BCUT2D eigenvalue weighted by Crippen LogP contribution is -2.34. The van der Waals surface area contributed by atoms with E-state index < -0.39 is 0 Å². The van der Waals surface area contributed by atoms with Gasteiger partial charge in [-0.1, -0.05) is 0 Å². The number of hydrogen-bond donors (Lipinski definition) is 1. The average molecular weight is 265 g/mol. The molecule has 1 aliphatic rings. The van der Waals surface area contributed by atoms with Crippen LogP contribution in [0.25, 0.3) is 0 Å². The van der Waals surface area contributed by atoms with Crippen LogP contribution in [-0.4, -0.2) is 24.2 Å². The highest BCUT2D eigenvalue weighted by molar-refractivity contribution is 5.85. The highest BCUT2D eigenvalue weighted by Crippen LogP contribution is 2.14. The summed E-state index contributed by atoms with van der Waals surface area (Å²) in [4.78, 5) is 4.19. The highest BCUT2D eigenvalue weighted by Gasteiger charge is 2.14. The van der Waals surface area contributed by atoms with Crippen molar-refractivity contribution in [2.75, 3.05) is 13.1 Å². The molecule has 1 aromatic heterocycles. The fraction of sp³-hybridized carbons (Fsp3) is 0.545. The van der Waals surface area contributed by atoms with E-state index in [-0.39, 0.29) is 24.8 Å². The van der Waals surface area contributed by atoms with Crippen LogP contribution in [0.5, 0.6) is 5.88 Å². The van der Waals surface area contributed by atoms with Crippen molar-refractivity contribution >= 4 is 24.8 Å². The third-order valence-corrected chi connectivity index (χ3v) is 2.46. The van der Waals surface area contributed by atoms with Crippen molar-refractivity contribution in [1.29, 1.82) is 0 Å². The molecule has 1 saturated heterocycles. The zero-order chi connectivity index (χ0) is 9.80. The van der Waals surface area contributed by atoms with Crippen molar-refractivity contribution in [3.8, 4) is 5.88 Å². The number of ether oxygens (including phenoxy) is 1. The molecule has 92 valence electrons. The molecule has 0 unspecified atom stereocenters. The Morgan fingerprint density at radius 1 is 1.31 bits per heavy atom. The fourth-order valence-corrected chi connectivity index (χ4v) is 1.66. The fourth-order valence-electron chi connectivity index (χ4n) is 1.66. The van der Waals surface area contributed by atoms with Crippen LogP contribution in [-0.2, 0) is 0 Å². The molecule has 5 heteroatoms. The SMILES string of the molecule is Cc1ccnc(OC2CCNCC2)c1.Cl.Cl. The van der Waals surface area contributed by atoms with Crippen LogP contribution >= 0.6 is 24.8 Å². The van der Waals surface area contributed by atoms with Gasteiger partial charge in [0, 0.05) is 12.3 Å². The first kappa shape index (κ1) is 15.5. The molecule has 1 N–H and O–H groups in total. The lowest BCUT2D eigenvalue weighted by Gasteiger charge is -2.23. The normalized spacial score (nSPS) is 15.8.